The highest BCUT2D eigenvalue weighted by atomic mass is 35.5. The Bertz CT molecular complexity index is 6970. The maximum Gasteiger partial charge on any atom is 0.185 e. The van der Waals surface area contributed by atoms with Crippen LogP contribution < -0.4 is 24.9 Å². The van der Waals surface area contributed by atoms with Crippen LogP contribution in [0, 0.1) is 72.2 Å². The topological polar surface area (TPSA) is 196 Å². The molecule has 8 aromatic heterocycles. The van der Waals surface area contributed by atoms with E-state index >= 15 is 0 Å². The zero-order valence-electron chi connectivity index (χ0n) is 79.0. The molecule has 8 aliphatic rings. The van der Waals surface area contributed by atoms with Crippen LogP contribution in [0.25, 0.3) is 113 Å². The first-order valence-corrected chi connectivity index (χ1v) is 47.8. The number of nitrogens with one attached hydrogen (secondary N) is 1. The van der Waals surface area contributed by atoms with Gasteiger partial charge in [-0.15, -0.1) is 10.2 Å². The van der Waals surface area contributed by atoms with Crippen LogP contribution in [-0.2, 0) is 26.2 Å². The Balaban J connectivity index is 0.000000109. The molecule has 8 aliphatic heterocycles. The van der Waals surface area contributed by atoms with Crippen LogP contribution in [-0.4, -0.2) is 221 Å². The molecule has 0 amide bonds. The molecule has 6 atom stereocenters. The van der Waals surface area contributed by atoms with Gasteiger partial charge in [-0.3, -0.25) is 13.7 Å². The Labute approximate surface area is 801 Å². The fourth-order valence-electron chi connectivity index (χ4n) is 22.0. The number of nitriles is 1. The molecule has 137 heavy (non-hydrogen) atoms. The maximum absolute atomic E-state index is 13.5. The highest BCUT2D eigenvalue weighted by Crippen LogP contribution is 2.46. The van der Waals surface area contributed by atoms with Crippen molar-refractivity contribution in [3.8, 4) is 119 Å². The van der Waals surface area contributed by atoms with Gasteiger partial charge in [0.1, 0.15) is 35.3 Å². The van der Waals surface area contributed by atoms with Crippen LogP contribution in [0.1, 0.15) is 58.7 Å². The van der Waals surface area contributed by atoms with Crippen molar-refractivity contribution in [2.45, 2.75) is 65.9 Å². The summed E-state index contributed by atoms with van der Waals surface area (Å²) >= 11 is 6.98. The summed E-state index contributed by atoms with van der Waals surface area (Å²) in [5.74, 6) is 5.71. The van der Waals surface area contributed by atoms with Crippen molar-refractivity contribution in [3.63, 3.8) is 0 Å². The number of anilines is 4. The zero-order valence-corrected chi connectivity index (χ0v) is 79.8. The number of fused-ring (bicyclic) bond motifs is 20. The number of aliphatic hydroxyl groups excluding tert-OH is 1. The molecule has 698 valence electrons. The van der Waals surface area contributed by atoms with E-state index in [4.69, 9.17) is 21.8 Å². The normalized spacial score (nSPS) is 17.9. The number of nitrogens with zero attached hydrogens (tertiary/aromatic N) is 22. The predicted octanol–water partition coefficient (Wildman–Crippen LogP) is 18.3. The lowest BCUT2D eigenvalue weighted by Gasteiger charge is -2.23. The standard InChI is InChI=1S/C29H32FN5.C27H26ClN7.C27H29FN6O.C26H26FN5/c1-19-11-26(33-14-20(2)24(18-33)15-32(3)4)12-23-17-34-16-22(21-5-7-25(30)8-6-21)13-27(34)29-31-9-10-35(29)28(19)23;1-32(2)14-19-9-10-33(15-19)22-7-8-24-21(11-22)16-34-25(27-31-30-17-35(24)27)12-23(26(34)28)20-5-3-18(13-29)4-6-20;1-17-8-23(32-14-21(11-31(2)3)25(35)15-32)9-20-13-33-12-19(18-4-6-22(28)7-5-18)10-24(33)27-29-16-30-34(27)26(17)20;1-28-14-18-8-10-30(15-18)23-6-7-24-21(12-23)17-31-16-20(19-2-4-22(27)5-3-19)13-25(31)26-29-9-11-32(24)26/h5-13,16,20,24H,14-15,17-18H2,1-4H3;3-8,11-12,17,19H,9-10,14-16H2,1-2H3;4-10,12,16,21,25,35H,11,13-15H2,1-3H3;2-7,9,11-13,16,18,28H,8,10,14-15,17H2,1H3/t20-,24-;19-;21-,25-;18-/m1110/s1. The molecular weight excluding hydrogens is 1740 g/mol. The maximum atomic E-state index is 13.5. The highest BCUT2D eigenvalue weighted by molar-refractivity contribution is 6.33. The summed E-state index contributed by atoms with van der Waals surface area (Å²) in [7, 11) is 14.7. The molecule has 4 fully saturated rings. The van der Waals surface area contributed by atoms with E-state index in [1.54, 1.807) is 24.8 Å². The highest BCUT2D eigenvalue weighted by Gasteiger charge is 2.37. The summed E-state index contributed by atoms with van der Waals surface area (Å²) in [6, 6.07) is 60.8. The third-order valence-corrected chi connectivity index (χ3v) is 29.0. The van der Waals surface area contributed by atoms with Gasteiger partial charge in [0.15, 0.2) is 23.3 Å². The zero-order chi connectivity index (χ0) is 94.3. The second kappa shape index (κ2) is 37.3. The van der Waals surface area contributed by atoms with Crippen LogP contribution in [0.5, 0.6) is 0 Å². The molecule has 24 rings (SSSR count). The first kappa shape index (κ1) is 89.7. The first-order valence-electron chi connectivity index (χ1n) is 47.4. The molecule has 8 aromatic carbocycles. The number of aromatic nitrogens is 14. The largest absolute Gasteiger partial charge is 0.391 e. The number of benzene rings is 8. The van der Waals surface area contributed by atoms with E-state index in [2.05, 4.69) is 262 Å². The number of aliphatic hydroxyl groups is 1. The van der Waals surface area contributed by atoms with E-state index in [-0.39, 0.29) is 29.5 Å². The lowest BCUT2D eigenvalue weighted by molar-refractivity contribution is 0.130. The number of imidazole rings is 2. The van der Waals surface area contributed by atoms with Crippen molar-refractivity contribution in [2.24, 2.45) is 29.6 Å². The minimum absolute atomic E-state index is 0.217. The Kier molecular flexibility index (Phi) is 24.4. The fraction of sp³-hybridized carbons (Fsp3) is 0.312. The third-order valence-electron chi connectivity index (χ3n) is 28.6. The Morgan fingerprint density at radius 3 is 1.53 bits per heavy atom. The summed E-state index contributed by atoms with van der Waals surface area (Å²) in [6.07, 6.45) is 19.7. The molecule has 0 aliphatic carbocycles. The summed E-state index contributed by atoms with van der Waals surface area (Å²) in [5.41, 5.74) is 29.5. The number of halogens is 4. The summed E-state index contributed by atoms with van der Waals surface area (Å²) in [6.45, 7) is 21.7. The van der Waals surface area contributed by atoms with Gasteiger partial charge in [0.05, 0.1) is 69.8 Å². The second-order valence-corrected chi connectivity index (χ2v) is 39.5. The van der Waals surface area contributed by atoms with Crippen molar-refractivity contribution < 1.29 is 18.3 Å². The summed E-state index contributed by atoms with van der Waals surface area (Å²) in [5, 5.41) is 37.0. The van der Waals surface area contributed by atoms with Crippen molar-refractivity contribution >= 4 is 34.4 Å². The van der Waals surface area contributed by atoms with E-state index in [0.29, 0.717) is 54.0 Å². The lowest BCUT2D eigenvalue weighted by Crippen LogP contribution is -2.29. The van der Waals surface area contributed by atoms with Crippen LogP contribution >= 0.6 is 11.6 Å². The van der Waals surface area contributed by atoms with Crippen LogP contribution in [0.3, 0.4) is 0 Å². The third kappa shape index (κ3) is 17.8. The van der Waals surface area contributed by atoms with Gasteiger partial charge in [0.2, 0.25) is 0 Å². The molecule has 0 bridgehead atoms. The number of β-amino-alcohol motifs (C(OH)–C–C–N with tert-alkyl or cyclic N) is 1. The van der Waals surface area contributed by atoms with Gasteiger partial charge in [0.25, 0.3) is 0 Å². The minimum Gasteiger partial charge on any atom is -0.391 e. The fourth-order valence-corrected chi connectivity index (χ4v) is 22.3. The molecule has 0 spiro atoms. The predicted molar refractivity (Wildman–Crippen MR) is 538 cm³/mol. The number of hydrogen-bond donors (Lipinski definition) is 2. The molecule has 2 N–H and O–H groups in total. The van der Waals surface area contributed by atoms with Crippen molar-refractivity contribution in [2.75, 3.05) is 147 Å². The van der Waals surface area contributed by atoms with Crippen molar-refractivity contribution in [1.82, 2.24) is 86.9 Å². The van der Waals surface area contributed by atoms with Gasteiger partial charge >= 0.3 is 0 Å². The Hall–Kier alpha value is -13.9. The summed E-state index contributed by atoms with van der Waals surface area (Å²) in [4.78, 5) is 30.6. The van der Waals surface area contributed by atoms with Crippen molar-refractivity contribution in [3.05, 3.63) is 300 Å². The van der Waals surface area contributed by atoms with Gasteiger partial charge in [-0.1, -0.05) is 67.1 Å². The lowest BCUT2D eigenvalue weighted by atomic mass is 9.98. The van der Waals surface area contributed by atoms with E-state index < -0.39 is 0 Å². The van der Waals surface area contributed by atoms with Gasteiger partial charge < -0.3 is 63.0 Å². The molecule has 16 aromatic rings. The summed E-state index contributed by atoms with van der Waals surface area (Å²) < 4.78 is 57.6. The molecule has 0 saturated carbocycles. The molecule has 28 heteroatoms. The molecule has 24 nitrogen and oxygen atoms in total. The Morgan fingerprint density at radius 1 is 0.467 bits per heavy atom. The van der Waals surface area contributed by atoms with E-state index in [9.17, 15) is 18.3 Å². The molecule has 0 unspecified atom stereocenters. The van der Waals surface area contributed by atoms with E-state index in [1.165, 1.54) is 99.9 Å². The minimum atomic E-state index is -0.340. The van der Waals surface area contributed by atoms with Gasteiger partial charge in [0, 0.05) is 186 Å². The average Bonchev–Trinajstić information content (AvgIpc) is 1.60. The van der Waals surface area contributed by atoms with Gasteiger partial charge in [-0.25, -0.2) is 32.8 Å². The SMILES string of the molecule is CN(C)C[C@H]1CCN(c2ccc3c(c2)Cn2c(cc(-c4ccc(C#N)cc4)c2Cl)-c2nncn2-3)C1.CNC[C@@H]1CCN(c2ccc3c(c2)Cn2cc(-c4ccc(F)cc4)cc2-c2nccn2-3)C1.Cc1cc(N2C[C@@H](CN(C)C)[C@H](C)C2)cc2c1-n1ccnc1-c1cc(-c3ccc(F)cc3)cn1C2.Cc1cc(N2C[C@@H](CN(C)C)[C@H](O)C2)cc2c1-n1ncnc1-c1cc(-c3ccc(F)cc3)cn1C2. The van der Waals surface area contributed by atoms with E-state index in [0.717, 1.165) is 204 Å². The monoisotopic (exact) mass is 1850 g/mol. The van der Waals surface area contributed by atoms with Crippen LogP contribution in [0.15, 0.2) is 238 Å². The average molecular weight is 1850 g/mol. The molecule has 16 heterocycles. The first-order chi connectivity index (χ1) is 66.4. The van der Waals surface area contributed by atoms with Crippen molar-refractivity contribution in [1.29, 1.82) is 5.26 Å². The molecule has 0 radical (unpaired) electrons. The molecular formula is C109H113ClF3N23O. The number of hydrogen-bond acceptors (Lipinski definition) is 16. The van der Waals surface area contributed by atoms with Crippen LogP contribution in [0.4, 0.5) is 35.9 Å². The van der Waals surface area contributed by atoms with E-state index in [1.807, 2.05) is 92.9 Å². The van der Waals surface area contributed by atoms with Gasteiger partial charge in [-0.2, -0.15) is 10.4 Å². The quantitative estimate of drug-likeness (QED) is 0.0926. The van der Waals surface area contributed by atoms with Crippen LogP contribution in [0.2, 0.25) is 5.15 Å². The second-order valence-electron chi connectivity index (χ2n) is 39.1. The smallest absolute Gasteiger partial charge is 0.185 e. The molecule has 4 saturated heterocycles. The Morgan fingerprint density at radius 2 is 0.956 bits per heavy atom. The van der Waals surface area contributed by atoms with Gasteiger partial charge in [-0.05, 0) is 295 Å². The number of rotatable bonds is 16. The number of aryl methyl sites for hydroxylation is 2.